The molecule has 1 aromatic heterocycles. The molecule has 0 unspecified atom stereocenters. The summed E-state index contributed by atoms with van der Waals surface area (Å²) in [5, 5.41) is 8.04. The molecule has 0 radical (unpaired) electrons. The fourth-order valence-corrected chi connectivity index (χ4v) is 4.46. The third-order valence-corrected chi connectivity index (χ3v) is 5.84. The number of aromatic nitrogens is 3. The summed E-state index contributed by atoms with van der Waals surface area (Å²) in [6.45, 7) is 1.20. The molecule has 0 saturated heterocycles. The van der Waals surface area contributed by atoms with Gasteiger partial charge in [-0.25, -0.2) is 14.0 Å². The van der Waals surface area contributed by atoms with Crippen molar-refractivity contribution >= 4 is 29.3 Å². The van der Waals surface area contributed by atoms with Crippen molar-refractivity contribution in [1.29, 1.82) is 0 Å². The molecule has 1 N–H and O–H groups in total. The molecule has 28 heavy (non-hydrogen) atoms. The van der Waals surface area contributed by atoms with Crippen molar-refractivity contribution < 1.29 is 4.79 Å². The van der Waals surface area contributed by atoms with Crippen LogP contribution in [-0.2, 0) is 11.3 Å². The molecule has 2 aliphatic heterocycles. The third-order valence-electron chi connectivity index (χ3n) is 5.61. The zero-order valence-electron chi connectivity index (χ0n) is 15.4. The average molecular weight is 401 g/mol. The van der Waals surface area contributed by atoms with Gasteiger partial charge >= 0.3 is 5.69 Å². The van der Waals surface area contributed by atoms with Crippen molar-refractivity contribution in [1.82, 2.24) is 19.7 Å². The number of amidine groups is 1. The lowest BCUT2D eigenvalue weighted by Gasteiger charge is -2.26. The number of carbonyl (C=O) groups excluding carboxylic acids is 1. The number of halogens is 1. The summed E-state index contributed by atoms with van der Waals surface area (Å²) < 4.78 is 2.76. The van der Waals surface area contributed by atoms with Gasteiger partial charge in [-0.05, 0) is 31.0 Å². The van der Waals surface area contributed by atoms with Crippen LogP contribution in [0.15, 0.2) is 28.0 Å². The first kappa shape index (κ1) is 17.5. The van der Waals surface area contributed by atoms with Gasteiger partial charge in [0.2, 0.25) is 11.9 Å². The Hall–Kier alpha value is -2.61. The van der Waals surface area contributed by atoms with Crippen LogP contribution in [-0.4, -0.2) is 45.2 Å². The summed E-state index contributed by atoms with van der Waals surface area (Å²) in [6.07, 6.45) is 5.50. The van der Waals surface area contributed by atoms with Crippen LogP contribution >= 0.6 is 11.6 Å². The Bertz CT molecular complexity index is 1030. The molecule has 0 spiro atoms. The first-order valence-corrected chi connectivity index (χ1v) is 10.1. The van der Waals surface area contributed by atoms with Gasteiger partial charge in [-0.15, -0.1) is 5.10 Å². The van der Waals surface area contributed by atoms with Crippen LogP contribution in [0.1, 0.15) is 37.7 Å². The second-order valence-corrected chi connectivity index (χ2v) is 7.93. The van der Waals surface area contributed by atoms with Crippen molar-refractivity contribution in [2.24, 2.45) is 4.99 Å². The number of carbonyl (C=O) groups is 1. The number of hydrogen-bond donors (Lipinski definition) is 1. The van der Waals surface area contributed by atoms with E-state index in [2.05, 4.69) is 15.4 Å². The number of anilines is 1. The lowest BCUT2D eigenvalue weighted by molar-refractivity contribution is -0.122. The standard InChI is InChI=1S/C19H21ClN6O2/c20-12-6-7-14-15(10-12)26-18(24-9-8-21-17(14)24)23-25(19(26)28)11-16(27)22-13-4-2-1-3-5-13/h6-7,10,13H,1-5,8-9,11H2,(H,22,27). The Balaban J connectivity index is 1.49. The average Bonchev–Trinajstić information content (AvgIpc) is 3.28. The Morgan fingerprint density at radius 3 is 2.89 bits per heavy atom. The highest BCUT2D eigenvalue weighted by Crippen LogP contribution is 2.31. The maximum atomic E-state index is 13.1. The number of benzene rings is 1. The molecule has 3 heterocycles. The highest BCUT2D eigenvalue weighted by molar-refractivity contribution is 6.31. The molecule has 1 saturated carbocycles. The molecule has 2 aromatic rings. The minimum atomic E-state index is -0.344. The smallest absolute Gasteiger partial charge is 0.352 e. The fraction of sp³-hybridized carbons (Fsp3) is 0.474. The van der Waals surface area contributed by atoms with Gasteiger partial charge < -0.3 is 5.32 Å². The summed E-state index contributed by atoms with van der Waals surface area (Å²) >= 11 is 6.18. The molecule has 146 valence electrons. The van der Waals surface area contributed by atoms with Gasteiger partial charge in [0, 0.05) is 23.2 Å². The van der Waals surface area contributed by atoms with Crippen LogP contribution in [0.5, 0.6) is 0 Å². The number of nitrogens with zero attached hydrogens (tertiary/aromatic N) is 5. The predicted octanol–water partition coefficient (Wildman–Crippen LogP) is 1.72. The molecule has 3 aliphatic rings. The van der Waals surface area contributed by atoms with Crippen molar-refractivity contribution in [2.75, 3.05) is 18.0 Å². The largest absolute Gasteiger partial charge is 0.352 e. The lowest BCUT2D eigenvalue weighted by Crippen LogP contribution is -2.40. The van der Waals surface area contributed by atoms with Crippen molar-refractivity contribution in [3.05, 3.63) is 39.3 Å². The van der Waals surface area contributed by atoms with Crippen molar-refractivity contribution in [2.45, 2.75) is 44.7 Å². The van der Waals surface area contributed by atoms with Crippen molar-refractivity contribution in [3.8, 4) is 5.69 Å². The van der Waals surface area contributed by atoms with Gasteiger partial charge in [-0.3, -0.25) is 14.7 Å². The van der Waals surface area contributed by atoms with Crippen LogP contribution in [0.25, 0.3) is 5.69 Å². The second-order valence-electron chi connectivity index (χ2n) is 7.50. The highest BCUT2D eigenvalue weighted by atomic mass is 35.5. The van der Waals surface area contributed by atoms with Gasteiger partial charge in [0.25, 0.3) is 0 Å². The molecule has 1 aliphatic carbocycles. The third kappa shape index (κ3) is 2.83. The SMILES string of the molecule is O=C(Cn1nc2n(c1=O)-c1cc(Cl)ccc1C1=NCCN12)NC1CCCCC1. The number of rotatable bonds is 3. The monoisotopic (exact) mass is 400 g/mol. The van der Waals surface area contributed by atoms with Crippen LogP contribution in [0.4, 0.5) is 5.95 Å². The van der Waals surface area contributed by atoms with Gasteiger partial charge in [0.05, 0.1) is 12.2 Å². The number of aliphatic imine (C=N–C) groups is 1. The Labute approximate surface area is 166 Å². The molecule has 8 nitrogen and oxygen atoms in total. The van der Waals surface area contributed by atoms with E-state index in [1.165, 1.54) is 15.7 Å². The first-order chi connectivity index (χ1) is 13.6. The maximum Gasteiger partial charge on any atom is 0.352 e. The quantitative estimate of drug-likeness (QED) is 0.850. The Morgan fingerprint density at radius 2 is 2.07 bits per heavy atom. The minimum absolute atomic E-state index is 0.0917. The maximum absolute atomic E-state index is 13.1. The van der Waals surface area contributed by atoms with E-state index in [9.17, 15) is 9.59 Å². The van der Waals surface area contributed by atoms with E-state index in [1.807, 2.05) is 11.0 Å². The van der Waals surface area contributed by atoms with E-state index >= 15 is 0 Å². The topological polar surface area (TPSA) is 84.5 Å². The fourth-order valence-electron chi connectivity index (χ4n) is 4.29. The number of nitrogens with one attached hydrogen (secondary N) is 1. The van der Waals surface area contributed by atoms with E-state index in [1.54, 1.807) is 12.1 Å². The van der Waals surface area contributed by atoms with Gasteiger partial charge in [-0.1, -0.05) is 30.9 Å². The molecular formula is C19H21ClN6O2. The van der Waals surface area contributed by atoms with Crippen LogP contribution in [0.3, 0.4) is 0 Å². The summed E-state index contributed by atoms with van der Waals surface area (Å²) in [7, 11) is 0. The molecule has 1 amide bonds. The lowest BCUT2D eigenvalue weighted by atomic mass is 9.95. The molecule has 5 rings (SSSR count). The van der Waals surface area contributed by atoms with Crippen LogP contribution < -0.4 is 15.9 Å². The normalized spacial score (nSPS) is 18.3. The number of amides is 1. The van der Waals surface area contributed by atoms with Crippen LogP contribution in [0.2, 0.25) is 5.02 Å². The number of hydrogen-bond acceptors (Lipinski definition) is 5. The summed E-state index contributed by atoms with van der Waals surface area (Å²) in [4.78, 5) is 32.1. The van der Waals surface area contributed by atoms with Crippen LogP contribution in [0, 0.1) is 0 Å². The Morgan fingerprint density at radius 1 is 1.25 bits per heavy atom. The van der Waals surface area contributed by atoms with Gasteiger partial charge in [0.1, 0.15) is 12.4 Å². The van der Waals surface area contributed by atoms with E-state index in [0.29, 0.717) is 29.7 Å². The molecule has 9 heteroatoms. The first-order valence-electron chi connectivity index (χ1n) is 9.73. The number of fused-ring (bicyclic) bond motifs is 6. The van der Waals surface area contributed by atoms with Gasteiger partial charge in [-0.2, -0.15) is 0 Å². The highest BCUT2D eigenvalue weighted by Gasteiger charge is 2.35. The minimum Gasteiger partial charge on any atom is -0.352 e. The summed E-state index contributed by atoms with van der Waals surface area (Å²) in [5.74, 6) is 1.11. The molecule has 1 aromatic carbocycles. The zero-order valence-corrected chi connectivity index (χ0v) is 16.2. The summed E-state index contributed by atoms with van der Waals surface area (Å²) in [6, 6.07) is 5.61. The van der Waals surface area contributed by atoms with E-state index in [-0.39, 0.29) is 24.2 Å². The molecule has 0 atom stereocenters. The molecule has 1 fully saturated rings. The van der Waals surface area contributed by atoms with E-state index in [4.69, 9.17) is 11.6 Å². The van der Waals surface area contributed by atoms with Crippen molar-refractivity contribution in [3.63, 3.8) is 0 Å². The zero-order chi connectivity index (χ0) is 19.3. The predicted molar refractivity (Wildman–Crippen MR) is 107 cm³/mol. The Kier molecular flexibility index (Phi) is 4.23. The molecular weight excluding hydrogens is 380 g/mol. The van der Waals surface area contributed by atoms with E-state index < -0.39 is 0 Å². The second kappa shape index (κ2) is 6.77. The van der Waals surface area contributed by atoms with Gasteiger partial charge in [0.15, 0.2) is 0 Å². The van der Waals surface area contributed by atoms with E-state index in [0.717, 1.165) is 37.1 Å². The summed E-state index contributed by atoms with van der Waals surface area (Å²) in [5.41, 5.74) is 1.16. The molecule has 0 bridgehead atoms.